The SMILES string of the molecule is CCOCc1nc(N)cc(Cc2nc(C(C)(C)C)cs2)n1. The number of nitrogen functional groups attached to an aromatic ring is 1. The first kappa shape index (κ1) is 15.9. The zero-order valence-corrected chi connectivity index (χ0v) is 13.8. The second-order valence-corrected chi connectivity index (χ2v) is 6.83. The molecule has 0 atom stereocenters. The number of hydrogen-bond donors (Lipinski definition) is 1. The summed E-state index contributed by atoms with van der Waals surface area (Å²) in [6, 6.07) is 1.80. The van der Waals surface area contributed by atoms with Crippen molar-refractivity contribution < 1.29 is 4.74 Å². The Morgan fingerprint density at radius 3 is 2.62 bits per heavy atom. The molecule has 0 aliphatic rings. The van der Waals surface area contributed by atoms with E-state index in [1.165, 1.54) is 0 Å². The summed E-state index contributed by atoms with van der Waals surface area (Å²) >= 11 is 1.66. The van der Waals surface area contributed by atoms with Gasteiger partial charge >= 0.3 is 0 Å². The van der Waals surface area contributed by atoms with Crippen molar-refractivity contribution in [3.63, 3.8) is 0 Å². The summed E-state index contributed by atoms with van der Waals surface area (Å²) in [6.45, 7) is 9.45. The topological polar surface area (TPSA) is 73.9 Å². The minimum atomic E-state index is 0.0690. The quantitative estimate of drug-likeness (QED) is 0.919. The smallest absolute Gasteiger partial charge is 0.156 e. The molecule has 0 amide bonds. The highest BCUT2D eigenvalue weighted by atomic mass is 32.1. The molecule has 114 valence electrons. The Morgan fingerprint density at radius 2 is 2.00 bits per heavy atom. The van der Waals surface area contributed by atoms with E-state index in [4.69, 9.17) is 10.5 Å². The molecule has 2 aromatic heterocycles. The van der Waals surface area contributed by atoms with Gasteiger partial charge in [-0.2, -0.15) is 0 Å². The minimum Gasteiger partial charge on any atom is -0.384 e. The van der Waals surface area contributed by atoms with Gasteiger partial charge in [-0.15, -0.1) is 11.3 Å². The Kier molecular flexibility index (Phi) is 4.90. The molecular weight excluding hydrogens is 284 g/mol. The summed E-state index contributed by atoms with van der Waals surface area (Å²) in [7, 11) is 0. The Balaban J connectivity index is 2.15. The van der Waals surface area contributed by atoms with Crippen LogP contribution in [-0.2, 0) is 23.2 Å². The van der Waals surface area contributed by atoms with E-state index in [-0.39, 0.29) is 5.41 Å². The van der Waals surface area contributed by atoms with Crippen LogP contribution in [0.3, 0.4) is 0 Å². The third-order valence-corrected chi connectivity index (χ3v) is 3.78. The highest BCUT2D eigenvalue weighted by Crippen LogP contribution is 2.25. The van der Waals surface area contributed by atoms with Gasteiger partial charge in [0.1, 0.15) is 12.4 Å². The Bertz CT molecular complexity index is 604. The van der Waals surface area contributed by atoms with Crippen LogP contribution in [0, 0.1) is 0 Å². The average molecular weight is 306 g/mol. The maximum atomic E-state index is 5.84. The number of ether oxygens (including phenoxy) is 1. The molecule has 0 spiro atoms. The van der Waals surface area contributed by atoms with Crippen LogP contribution >= 0.6 is 11.3 Å². The molecule has 0 saturated carbocycles. The first-order chi connectivity index (χ1) is 9.88. The summed E-state index contributed by atoms with van der Waals surface area (Å²) in [5.74, 6) is 1.10. The van der Waals surface area contributed by atoms with Gasteiger partial charge < -0.3 is 10.5 Å². The Hall–Kier alpha value is -1.53. The molecule has 0 fully saturated rings. The molecule has 0 saturated heterocycles. The number of aromatic nitrogens is 3. The zero-order valence-electron chi connectivity index (χ0n) is 13.0. The molecule has 0 unspecified atom stereocenters. The van der Waals surface area contributed by atoms with Crippen LogP contribution in [-0.4, -0.2) is 21.6 Å². The summed E-state index contributed by atoms with van der Waals surface area (Å²) in [5.41, 5.74) is 7.90. The van der Waals surface area contributed by atoms with Gasteiger partial charge in [0.15, 0.2) is 5.82 Å². The van der Waals surface area contributed by atoms with Crippen molar-refractivity contribution in [3.05, 3.63) is 33.7 Å². The van der Waals surface area contributed by atoms with E-state index in [1.54, 1.807) is 17.4 Å². The summed E-state index contributed by atoms with van der Waals surface area (Å²) in [6.07, 6.45) is 0.673. The van der Waals surface area contributed by atoms with Gasteiger partial charge in [0, 0.05) is 29.9 Å². The van der Waals surface area contributed by atoms with Crippen molar-refractivity contribution in [2.45, 2.75) is 46.1 Å². The number of nitrogens with zero attached hydrogens (tertiary/aromatic N) is 3. The second kappa shape index (κ2) is 6.49. The van der Waals surface area contributed by atoms with E-state index in [2.05, 4.69) is 41.1 Å². The average Bonchev–Trinajstić information content (AvgIpc) is 2.84. The Morgan fingerprint density at radius 1 is 1.24 bits per heavy atom. The second-order valence-electron chi connectivity index (χ2n) is 5.89. The van der Waals surface area contributed by atoms with Crippen LogP contribution in [0.4, 0.5) is 5.82 Å². The number of anilines is 1. The van der Waals surface area contributed by atoms with E-state index in [0.717, 1.165) is 16.4 Å². The Labute approximate surface area is 129 Å². The van der Waals surface area contributed by atoms with Crippen LogP contribution in [0.2, 0.25) is 0 Å². The lowest BCUT2D eigenvalue weighted by Gasteiger charge is -2.14. The number of rotatable bonds is 5. The fourth-order valence-corrected chi connectivity index (χ4v) is 2.85. The van der Waals surface area contributed by atoms with Crippen molar-refractivity contribution in [1.29, 1.82) is 0 Å². The number of nitrogens with two attached hydrogens (primary N) is 1. The molecule has 0 aliphatic heterocycles. The van der Waals surface area contributed by atoms with Gasteiger partial charge in [0.25, 0.3) is 0 Å². The fraction of sp³-hybridized carbons (Fsp3) is 0.533. The van der Waals surface area contributed by atoms with E-state index in [1.807, 2.05) is 6.92 Å². The lowest BCUT2D eigenvalue weighted by Crippen LogP contribution is -2.11. The number of hydrogen-bond acceptors (Lipinski definition) is 6. The van der Waals surface area contributed by atoms with E-state index in [0.29, 0.717) is 31.3 Å². The molecule has 2 aromatic rings. The molecule has 0 aromatic carbocycles. The third-order valence-electron chi connectivity index (χ3n) is 2.93. The van der Waals surface area contributed by atoms with Crippen LogP contribution in [0.5, 0.6) is 0 Å². The zero-order chi connectivity index (χ0) is 15.5. The first-order valence-corrected chi connectivity index (χ1v) is 7.91. The fourth-order valence-electron chi connectivity index (χ4n) is 1.82. The standard InChI is InChI=1S/C15H22N4OS/c1-5-20-8-13-17-10(6-12(16)19-13)7-14-18-11(9-21-14)15(2,3)4/h6,9H,5,7-8H2,1-4H3,(H2,16,17,19). The van der Waals surface area contributed by atoms with Crippen molar-refractivity contribution in [1.82, 2.24) is 15.0 Å². The molecule has 2 N–H and O–H groups in total. The van der Waals surface area contributed by atoms with Crippen molar-refractivity contribution in [2.24, 2.45) is 0 Å². The van der Waals surface area contributed by atoms with Crippen LogP contribution in [0.15, 0.2) is 11.4 Å². The lowest BCUT2D eigenvalue weighted by molar-refractivity contribution is 0.128. The maximum Gasteiger partial charge on any atom is 0.156 e. The predicted molar refractivity (Wildman–Crippen MR) is 85.4 cm³/mol. The van der Waals surface area contributed by atoms with Crippen molar-refractivity contribution in [2.75, 3.05) is 12.3 Å². The number of thiazole rings is 1. The molecule has 21 heavy (non-hydrogen) atoms. The monoisotopic (exact) mass is 306 g/mol. The van der Waals surface area contributed by atoms with Gasteiger partial charge in [-0.25, -0.2) is 15.0 Å². The molecule has 0 bridgehead atoms. The van der Waals surface area contributed by atoms with Crippen molar-refractivity contribution >= 4 is 17.2 Å². The predicted octanol–water partition coefficient (Wildman–Crippen LogP) is 2.94. The van der Waals surface area contributed by atoms with Crippen LogP contribution in [0.25, 0.3) is 0 Å². The van der Waals surface area contributed by atoms with Crippen LogP contribution in [0.1, 0.15) is 49.9 Å². The van der Waals surface area contributed by atoms with Crippen LogP contribution < -0.4 is 5.73 Å². The summed E-state index contributed by atoms with van der Waals surface area (Å²) in [4.78, 5) is 13.4. The molecular formula is C15H22N4OS. The van der Waals surface area contributed by atoms with E-state index < -0.39 is 0 Å². The highest BCUT2D eigenvalue weighted by Gasteiger charge is 2.17. The van der Waals surface area contributed by atoms with Crippen molar-refractivity contribution in [3.8, 4) is 0 Å². The first-order valence-electron chi connectivity index (χ1n) is 7.03. The molecule has 5 nitrogen and oxygen atoms in total. The van der Waals surface area contributed by atoms with E-state index >= 15 is 0 Å². The molecule has 2 rings (SSSR count). The largest absolute Gasteiger partial charge is 0.384 e. The van der Waals surface area contributed by atoms with Gasteiger partial charge in [-0.3, -0.25) is 0 Å². The molecule has 0 radical (unpaired) electrons. The third kappa shape index (κ3) is 4.47. The lowest BCUT2D eigenvalue weighted by atomic mass is 9.93. The normalized spacial score (nSPS) is 11.8. The van der Waals surface area contributed by atoms with Gasteiger partial charge in [-0.1, -0.05) is 20.8 Å². The summed E-state index contributed by atoms with van der Waals surface area (Å²) in [5, 5.41) is 3.15. The van der Waals surface area contributed by atoms with Gasteiger partial charge in [-0.05, 0) is 6.92 Å². The van der Waals surface area contributed by atoms with E-state index in [9.17, 15) is 0 Å². The molecule has 0 aliphatic carbocycles. The van der Waals surface area contributed by atoms with Gasteiger partial charge in [0.05, 0.1) is 16.4 Å². The minimum absolute atomic E-state index is 0.0690. The molecule has 2 heterocycles. The summed E-state index contributed by atoms with van der Waals surface area (Å²) < 4.78 is 5.33. The highest BCUT2D eigenvalue weighted by molar-refractivity contribution is 7.09. The van der Waals surface area contributed by atoms with Gasteiger partial charge in [0.2, 0.25) is 0 Å². The maximum absolute atomic E-state index is 5.84. The molecule has 6 heteroatoms.